The highest BCUT2D eigenvalue weighted by molar-refractivity contribution is 5.62. The minimum absolute atomic E-state index is 0.232. The van der Waals surface area contributed by atoms with Crippen LogP contribution in [0.2, 0.25) is 0 Å². The Kier molecular flexibility index (Phi) is 4.57. The Bertz CT molecular complexity index is 830. The van der Waals surface area contributed by atoms with E-state index in [2.05, 4.69) is 26.1 Å². The van der Waals surface area contributed by atoms with E-state index in [4.69, 9.17) is 0 Å². The summed E-state index contributed by atoms with van der Waals surface area (Å²) in [6.07, 6.45) is 9.21. The number of H-pyrrole nitrogens is 1. The van der Waals surface area contributed by atoms with Crippen molar-refractivity contribution in [2.45, 2.75) is 31.8 Å². The topological polar surface area (TPSA) is 44.8 Å². The molecule has 0 amide bonds. The van der Waals surface area contributed by atoms with Crippen LogP contribution in [0.4, 0.5) is 4.39 Å². The Hall–Kier alpha value is -2.53. The van der Waals surface area contributed by atoms with Gasteiger partial charge < -0.3 is 0 Å². The molecule has 1 aliphatic heterocycles. The van der Waals surface area contributed by atoms with E-state index in [9.17, 15) is 4.39 Å². The van der Waals surface area contributed by atoms with Gasteiger partial charge in [-0.05, 0) is 43.1 Å². The third-order valence-corrected chi connectivity index (χ3v) is 4.89. The molecule has 0 bridgehead atoms. The number of nitrogens with zero attached hydrogens (tertiary/aromatic N) is 3. The molecule has 0 spiro atoms. The zero-order valence-electron chi connectivity index (χ0n) is 14.0. The van der Waals surface area contributed by atoms with Gasteiger partial charge in [-0.1, -0.05) is 24.6 Å². The zero-order valence-corrected chi connectivity index (χ0v) is 14.0. The number of likely N-dealkylation sites (tertiary alicyclic amines) is 1. The lowest BCUT2D eigenvalue weighted by molar-refractivity contribution is 0.140. The van der Waals surface area contributed by atoms with Gasteiger partial charge in [0.15, 0.2) is 0 Å². The molecule has 1 aromatic carbocycles. The van der Waals surface area contributed by atoms with Gasteiger partial charge in [0.2, 0.25) is 0 Å². The summed E-state index contributed by atoms with van der Waals surface area (Å²) in [5.41, 5.74) is 4.09. The molecule has 128 valence electrons. The second kappa shape index (κ2) is 7.15. The number of piperidine rings is 1. The molecule has 1 N–H and O–H groups in total. The van der Waals surface area contributed by atoms with Crippen LogP contribution in [0.3, 0.4) is 0 Å². The van der Waals surface area contributed by atoms with Crippen LogP contribution in [-0.2, 0) is 6.54 Å². The average Bonchev–Trinajstić information content (AvgIpc) is 3.11. The predicted molar refractivity (Wildman–Crippen MR) is 95.2 cm³/mol. The SMILES string of the molecule is Fc1cccc(-c2[nH]ncc2CN2CCCCC2c2cccnc2)c1. The number of halogens is 1. The van der Waals surface area contributed by atoms with Crippen LogP contribution in [0.15, 0.2) is 55.0 Å². The first-order valence-electron chi connectivity index (χ1n) is 8.73. The van der Waals surface area contributed by atoms with Crippen molar-refractivity contribution in [3.05, 3.63) is 71.9 Å². The molecule has 4 nitrogen and oxygen atoms in total. The van der Waals surface area contributed by atoms with Crippen LogP contribution in [0, 0.1) is 5.82 Å². The molecule has 0 aliphatic carbocycles. The largest absolute Gasteiger partial charge is 0.292 e. The molecule has 2 aromatic heterocycles. The lowest BCUT2D eigenvalue weighted by Crippen LogP contribution is -2.33. The Morgan fingerprint density at radius 2 is 2.12 bits per heavy atom. The summed E-state index contributed by atoms with van der Waals surface area (Å²) in [5, 5.41) is 7.24. The summed E-state index contributed by atoms with van der Waals surface area (Å²) in [4.78, 5) is 6.76. The van der Waals surface area contributed by atoms with E-state index >= 15 is 0 Å². The molecular formula is C20H21FN4. The first-order valence-corrected chi connectivity index (χ1v) is 8.73. The van der Waals surface area contributed by atoms with Crippen molar-refractivity contribution in [1.82, 2.24) is 20.1 Å². The number of aromatic nitrogens is 3. The standard InChI is InChI=1S/C20H21FN4/c21-18-7-3-5-15(11-18)20-17(13-23-24-20)14-25-10-2-1-8-19(25)16-6-4-9-22-12-16/h3-7,9,11-13,19H,1-2,8,10,14H2,(H,23,24). The van der Waals surface area contributed by atoms with Crippen LogP contribution in [0.1, 0.15) is 36.4 Å². The van der Waals surface area contributed by atoms with Gasteiger partial charge >= 0.3 is 0 Å². The highest BCUT2D eigenvalue weighted by Crippen LogP contribution is 2.33. The molecule has 1 fully saturated rings. The zero-order chi connectivity index (χ0) is 17.1. The number of nitrogens with one attached hydrogen (secondary N) is 1. The van der Waals surface area contributed by atoms with Crippen molar-refractivity contribution < 1.29 is 4.39 Å². The van der Waals surface area contributed by atoms with E-state index in [1.54, 1.807) is 12.1 Å². The first kappa shape index (κ1) is 16.0. The van der Waals surface area contributed by atoms with Gasteiger partial charge in [-0.15, -0.1) is 0 Å². The van der Waals surface area contributed by atoms with Crippen LogP contribution < -0.4 is 0 Å². The van der Waals surface area contributed by atoms with E-state index in [1.165, 1.54) is 24.5 Å². The van der Waals surface area contributed by atoms with Gasteiger partial charge in [-0.25, -0.2) is 4.39 Å². The van der Waals surface area contributed by atoms with E-state index in [0.717, 1.165) is 36.3 Å². The van der Waals surface area contributed by atoms with Crippen molar-refractivity contribution in [2.24, 2.45) is 0 Å². The van der Waals surface area contributed by atoms with Crippen molar-refractivity contribution >= 4 is 0 Å². The van der Waals surface area contributed by atoms with Crippen molar-refractivity contribution in [3.63, 3.8) is 0 Å². The molecule has 25 heavy (non-hydrogen) atoms. The quantitative estimate of drug-likeness (QED) is 0.771. The highest BCUT2D eigenvalue weighted by atomic mass is 19.1. The minimum Gasteiger partial charge on any atom is -0.292 e. The molecule has 3 heterocycles. The minimum atomic E-state index is -0.232. The molecule has 4 rings (SSSR count). The number of pyridine rings is 1. The molecule has 1 saturated heterocycles. The second-order valence-corrected chi connectivity index (χ2v) is 6.55. The van der Waals surface area contributed by atoms with Crippen LogP contribution in [0.25, 0.3) is 11.3 Å². The van der Waals surface area contributed by atoms with Gasteiger partial charge in [0.05, 0.1) is 11.9 Å². The summed E-state index contributed by atoms with van der Waals surface area (Å²) in [6, 6.07) is 11.2. The van der Waals surface area contributed by atoms with E-state index < -0.39 is 0 Å². The van der Waals surface area contributed by atoms with Gasteiger partial charge in [-0.3, -0.25) is 15.0 Å². The van der Waals surface area contributed by atoms with Crippen molar-refractivity contribution in [3.8, 4) is 11.3 Å². The molecule has 0 saturated carbocycles. The molecule has 1 aliphatic rings. The summed E-state index contributed by atoms with van der Waals surface area (Å²) in [7, 11) is 0. The van der Waals surface area contributed by atoms with E-state index in [-0.39, 0.29) is 5.82 Å². The normalized spacial score (nSPS) is 18.4. The summed E-state index contributed by atoms with van der Waals surface area (Å²) < 4.78 is 13.6. The second-order valence-electron chi connectivity index (χ2n) is 6.55. The van der Waals surface area contributed by atoms with Crippen LogP contribution in [0.5, 0.6) is 0 Å². The lowest BCUT2D eigenvalue weighted by atomic mass is 9.95. The molecule has 1 unspecified atom stereocenters. The van der Waals surface area contributed by atoms with Gasteiger partial charge in [-0.2, -0.15) is 5.10 Å². The smallest absolute Gasteiger partial charge is 0.123 e. The number of benzene rings is 1. The molecule has 0 radical (unpaired) electrons. The lowest BCUT2D eigenvalue weighted by Gasteiger charge is -2.35. The Morgan fingerprint density at radius 3 is 2.96 bits per heavy atom. The van der Waals surface area contributed by atoms with Gasteiger partial charge in [0.25, 0.3) is 0 Å². The van der Waals surface area contributed by atoms with Crippen molar-refractivity contribution in [1.29, 1.82) is 0 Å². The third kappa shape index (κ3) is 3.46. The number of rotatable bonds is 4. The number of aromatic amines is 1. The van der Waals surface area contributed by atoms with Crippen LogP contribution in [-0.4, -0.2) is 26.6 Å². The fraction of sp³-hybridized carbons (Fsp3) is 0.300. The number of hydrogen-bond acceptors (Lipinski definition) is 3. The maximum Gasteiger partial charge on any atom is 0.123 e. The molecule has 3 aromatic rings. The molecule has 1 atom stereocenters. The Labute approximate surface area is 146 Å². The fourth-order valence-electron chi connectivity index (χ4n) is 3.67. The molecule has 5 heteroatoms. The summed E-state index contributed by atoms with van der Waals surface area (Å²) in [6.45, 7) is 1.84. The summed E-state index contributed by atoms with van der Waals surface area (Å²) >= 11 is 0. The number of hydrogen-bond donors (Lipinski definition) is 1. The van der Waals surface area contributed by atoms with E-state index in [1.807, 2.05) is 30.7 Å². The highest BCUT2D eigenvalue weighted by Gasteiger charge is 2.25. The van der Waals surface area contributed by atoms with Crippen LogP contribution >= 0.6 is 0 Å². The monoisotopic (exact) mass is 336 g/mol. The average molecular weight is 336 g/mol. The van der Waals surface area contributed by atoms with Gasteiger partial charge in [0.1, 0.15) is 5.82 Å². The maximum absolute atomic E-state index is 13.6. The predicted octanol–water partition coefficient (Wildman–Crippen LogP) is 4.34. The first-order chi connectivity index (χ1) is 12.3. The Morgan fingerprint density at radius 1 is 1.16 bits per heavy atom. The van der Waals surface area contributed by atoms with Crippen molar-refractivity contribution in [2.75, 3.05) is 6.54 Å². The maximum atomic E-state index is 13.6. The fourth-order valence-corrected chi connectivity index (χ4v) is 3.67. The Balaban J connectivity index is 1.60. The third-order valence-electron chi connectivity index (χ3n) is 4.89. The summed E-state index contributed by atoms with van der Waals surface area (Å²) in [5.74, 6) is -0.232. The molecular weight excluding hydrogens is 315 g/mol. The van der Waals surface area contributed by atoms with Gasteiger partial charge in [0, 0.05) is 36.1 Å². The van der Waals surface area contributed by atoms with E-state index in [0.29, 0.717) is 6.04 Å².